The van der Waals surface area contributed by atoms with Crippen molar-refractivity contribution in [3.05, 3.63) is 77.0 Å². The molecular formula is C28H30F3N3O4. The summed E-state index contributed by atoms with van der Waals surface area (Å²) in [6, 6.07) is 5.21. The number of aliphatic hydroxyl groups is 2. The lowest BCUT2D eigenvalue weighted by atomic mass is 9.67. The molecule has 3 aromatic rings. The first-order chi connectivity index (χ1) is 18.0. The molecule has 0 amide bonds. The second kappa shape index (κ2) is 11.2. The van der Waals surface area contributed by atoms with Crippen molar-refractivity contribution in [1.82, 2.24) is 9.97 Å². The van der Waals surface area contributed by atoms with Crippen molar-refractivity contribution >= 4 is 5.78 Å². The van der Waals surface area contributed by atoms with Crippen LogP contribution in [0.5, 0.6) is 5.75 Å². The van der Waals surface area contributed by atoms with Crippen molar-refractivity contribution in [2.45, 2.75) is 50.7 Å². The first-order valence-corrected chi connectivity index (χ1v) is 12.4. The van der Waals surface area contributed by atoms with Crippen LogP contribution < -0.4 is 10.5 Å². The van der Waals surface area contributed by atoms with Crippen LogP contribution in [-0.2, 0) is 6.42 Å². The van der Waals surface area contributed by atoms with E-state index in [1.54, 1.807) is 19.3 Å². The smallest absolute Gasteiger partial charge is 0.185 e. The fourth-order valence-corrected chi connectivity index (χ4v) is 4.97. The molecular weight excluding hydrogens is 499 g/mol. The highest BCUT2D eigenvalue weighted by Gasteiger charge is 2.42. The number of nitrogens with two attached hydrogens (primary N) is 1. The molecule has 4 rings (SSSR count). The summed E-state index contributed by atoms with van der Waals surface area (Å²) in [7, 11) is 0. The van der Waals surface area contributed by atoms with Gasteiger partial charge in [0, 0.05) is 37.0 Å². The van der Waals surface area contributed by atoms with Gasteiger partial charge in [-0.3, -0.25) is 9.78 Å². The fourth-order valence-electron chi connectivity index (χ4n) is 4.97. The molecule has 1 aliphatic rings. The summed E-state index contributed by atoms with van der Waals surface area (Å²) in [5, 5.41) is 19.5. The molecule has 4 N–H and O–H groups in total. The number of ketones is 1. The van der Waals surface area contributed by atoms with Gasteiger partial charge in [-0.25, -0.2) is 18.2 Å². The topological polar surface area (TPSA) is 119 Å². The standard InChI is InChI=1S/C28H30F3N3O4/c1-15-9-16(11-25(32)28(15,2)37)19-5-6-33-14-17(19)10-24(36)23-4-3-20(29)27(34-23)26-21(30)12-18(13-22(26)31)38-8-7-35/h3-6,12-16,25,35,37H,7-11,32H2,1-2H3/t15-,16+,25+,28+/m0/s1. The quantitative estimate of drug-likeness (QED) is 0.378. The largest absolute Gasteiger partial charge is 0.491 e. The minimum absolute atomic E-state index is 0.00229. The number of hydrogen-bond donors (Lipinski definition) is 3. The zero-order valence-electron chi connectivity index (χ0n) is 21.1. The average Bonchev–Trinajstić information content (AvgIpc) is 2.87. The van der Waals surface area contributed by atoms with Gasteiger partial charge in [0.25, 0.3) is 0 Å². The van der Waals surface area contributed by atoms with E-state index in [1.807, 2.05) is 13.0 Å². The Morgan fingerprint density at radius 2 is 1.87 bits per heavy atom. The molecule has 4 atom stereocenters. The number of Topliss-reactive ketones (excluding diaryl/α,β-unsaturated/α-hetero) is 1. The van der Waals surface area contributed by atoms with Crippen LogP contribution in [0.3, 0.4) is 0 Å². The lowest BCUT2D eigenvalue weighted by Gasteiger charge is -2.44. The van der Waals surface area contributed by atoms with Gasteiger partial charge in [-0.2, -0.15) is 0 Å². The Morgan fingerprint density at radius 1 is 1.16 bits per heavy atom. The van der Waals surface area contributed by atoms with Crippen LogP contribution in [0.25, 0.3) is 11.3 Å². The molecule has 0 radical (unpaired) electrons. The molecule has 202 valence electrons. The summed E-state index contributed by atoms with van der Waals surface area (Å²) in [5.41, 5.74) is 5.25. The number of pyridine rings is 2. The van der Waals surface area contributed by atoms with Gasteiger partial charge in [0.2, 0.25) is 0 Å². The zero-order chi connectivity index (χ0) is 27.6. The number of halogens is 3. The highest BCUT2D eigenvalue weighted by molar-refractivity contribution is 5.96. The van der Waals surface area contributed by atoms with E-state index in [0.717, 1.165) is 23.8 Å². The molecule has 0 bridgehead atoms. The van der Waals surface area contributed by atoms with Crippen molar-refractivity contribution in [1.29, 1.82) is 0 Å². The Morgan fingerprint density at radius 3 is 2.53 bits per heavy atom. The van der Waals surface area contributed by atoms with Crippen LogP contribution in [0.2, 0.25) is 0 Å². The zero-order valence-corrected chi connectivity index (χ0v) is 21.1. The molecule has 1 saturated carbocycles. The van der Waals surface area contributed by atoms with Crippen molar-refractivity contribution < 1.29 is 32.9 Å². The number of carbonyl (C=O) groups is 1. The van der Waals surface area contributed by atoms with Crippen LogP contribution in [0.15, 0.2) is 42.7 Å². The van der Waals surface area contributed by atoms with Crippen LogP contribution in [0.4, 0.5) is 13.2 Å². The van der Waals surface area contributed by atoms with E-state index in [2.05, 4.69) is 9.97 Å². The van der Waals surface area contributed by atoms with Crippen LogP contribution in [0.1, 0.15) is 54.2 Å². The second-order valence-corrected chi connectivity index (χ2v) is 9.94. The van der Waals surface area contributed by atoms with Gasteiger partial charge < -0.3 is 20.7 Å². The van der Waals surface area contributed by atoms with E-state index in [4.69, 9.17) is 15.6 Å². The molecule has 1 aromatic carbocycles. The molecule has 0 spiro atoms. The predicted octanol–water partition coefficient (Wildman–Crippen LogP) is 3.95. The number of ether oxygens (including phenoxy) is 1. The van der Waals surface area contributed by atoms with Gasteiger partial charge in [0.1, 0.15) is 41.2 Å². The molecule has 0 unspecified atom stereocenters. The highest BCUT2D eigenvalue weighted by atomic mass is 19.1. The first-order valence-electron chi connectivity index (χ1n) is 12.4. The van der Waals surface area contributed by atoms with E-state index < -0.39 is 46.1 Å². The Balaban J connectivity index is 1.61. The summed E-state index contributed by atoms with van der Waals surface area (Å²) >= 11 is 0. The molecule has 7 nitrogen and oxygen atoms in total. The van der Waals surface area contributed by atoms with Gasteiger partial charge in [-0.1, -0.05) is 6.92 Å². The third-order valence-corrected chi connectivity index (χ3v) is 7.40. The van der Waals surface area contributed by atoms with E-state index in [0.29, 0.717) is 18.4 Å². The maximum atomic E-state index is 14.7. The van der Waals surface area contributed by atoms with Gasteiger partial charge in [-0.05, 0) is 60.9 Å². The molecule has 1 aliphatic carbocycles. The van der Waals surface area contributed by atoms with Gasteiger partial charge in [0.05, 0.1) is 17.8 Å². The summed E-state index contributed by atoms with van der Waals surface area (Å²) in [5.74, 6) is -3.97. The lowest BCUT2D eigenvalue weighted by Crippen LogP contribution is -2.54. The second-order valence-electron chi connectivity index (χ2n) is 9.94. The molecule has 0 saturated heterocycles. The van der Waals surface area contributed by atoms with Gasteiger partial charge in [-0.15, -0.1) is 0 Å². The first kappa shape index (κ1) is 27.7. The highest BCUT2D eigenvalue weighted by Crippen LogP contribution is 2.42. The Hall–Kier alpha value is -3.34. The third-order valence-electron chi connectivity index (χ3n) is 7.40. The normalized spacial score (nSPS) is 23.3. The summed E-state index contributed by atoms with van der Waals surface area (Å²) < 4.78 is 49.2. The van der Waals surface area contributed by atoms with Gasteiger partial charge >= 0.3 is 0 Å². The number of aromatic nitrogens is 2. The third kappa shape index (κ3) is 5.57. The minimum Gasteiger partial charge on any atom is -0.491 e. The summed E-state index contributed by atoms with van der Waals surface area (Å²) in [6.45, 7) is 3.15. The van der Waals surface area contributed by atoms with Crippen molar-refractivity contribution in [3.8, 4) is 17.0 Å². The maximum absolute atomic E-state index is 14.7. The number of nitrogens with zero attached hydrogens (tertiary/aromatic N) is 2. The fraction of sp³-hybridized carbons (Fsp3) is 0.393. The van der Waals surface area contributed by atoms with E-state index in [-0.39, 0.29) is 42.9 Å². The van der Waals surface area contributed by atoms with Crippen LogP contribution >= 0.6 is 0 Å². The SMILES string of the molecule is C[C@H]1C[C@@H](c2ccncc2CC(=O)c2ccc(F)c(-c3c(F)cc(OCCO)cc3F)n2)C[C@@H](N)[C@]1(C)O. The maximum Gasteiger partial charge on any atom is 0.185 e. The number of hydrogen-bond acceptors (Lipinski definition) is 7. The number of benzene rings is 1. The summed E-state index contributed by atoms with van der Waals surface area (Å²) in [6.07, 6.45) is 4.28. The predicted molar refractivity (Wildman–Crippen MR) is 134 cm³/mol. The molecule has 2 heterocycles. The van der Waals surface area contributed by atoms with Gasteiger partial charge in [0.15, 0.2) is 5.78 Å². The van der Waals surface area contributed by atoms with Crippen LogP contribution in [0, 0.1) is 23.4 Å². The number of carbonyl (C=O) groups excluding carboxylic acids is 1. The molecule has 10 heteroatoms. The number of aliphatic hydroxyl groups excluding tert-OH is 1. The Bertz CT molecular complexity index is 1300. The molecule has 0 aliphatic heterocycles. The van der Waals surface area contributed by atoms with Crippen molar-refractivity contribution in [2.24, 2.45) is 11.7 Å². The van der Waals surface area contributed by atoms with E-state index >= 15 is 0 Å². The Labute approximate surface area is 218 Å². The van der Waals surface area contributed by atoms with E-state index in [1.165, 1.54) is 6.07 Å². The average molecular weight is 530 g/mol. The molecule has 1 fully saturated rings. The lowest BCUT2D eigenvalue weighted by molar-refractivity contribution is -0.0464. The molecule has 2 aromatic heterocycles. The van der Waals surface area contributed by atoms with Crippen LogP contribution in [-0.4, -0.2) is 50.8 Å². The number of rotatable bonds is 8. The molecule has 38 heavy (non-hydrogen) atoms. The minimum atomic E-state index is -1.12. The van der Waals surface area contributed by atoms with E-state index in [9.17, 15) is 23.1 Å². The monoisotopic (exact) mass is 529 g/mol. The van der Waals surface area contributed by atoms with Crippen molar-refractivity contribution in [3.63, 3.8) is 0 Å². The Kier molecular flexibility index (Phi) is 8.15. The van der Waals surface area contributed by atoms with Crippen molar-refractivity contribution in [2.75, 3.05) is 13.2 Å². The summed E-state index contributed by atoms with van der Waals surface area (Å²) in [4.78, 5) is 21.3.